The van der Waals surface area contributed by atoms with Crippen molar-refractivity contribution >= 4 is 0 Å². The largest absolute Gasteiger partial charge is 0.0991 e. The summed E-state index contributed by atoms with van der Waals surface area (Å²) in [6.07, 6.45) is 12.7. The van der Waals surface area contributed by atoms with Gasteiger partial charge in [-0.3, -0.25) is 0 Å². The average Bonchev–Trinajstić information content (AvgIpc) is 2.42. The molecule has 0 N–H and O–H groups in total. The van der Waals surface area contributed by atoms with Crippen LogP contribution < -0.4 is 0 Å². The number of rotatable bonds is 7. The van der Waals surface area contributed by atoms with Gasteiger partial charge in [-0.15, -0.1) is 0 Å². The van der Waals surface area contributed by atoms with Gasteiger partial charge in [0.05, 0.1) is 0 Å². The van der Waals surface area contributed by atoms with Gasteiger partial charge in [-0.25, -0.2) is 0 Å². The highest BCUT2D eigenvalue weighted by atomic mass is 14.3. The molecule has 0 aliphatic carbocycles. The van der Waals surface area contributed by atoms with Crippen LogP contribution >= 0.6 is 0 Å². The van der Waals surface area contributed by atoms with Crippen molar-refractivity contribution in [2.45, 2.75) is 46.5 Å². The van der Waals surface area contributed by atoms with Gasteiger partial charge in [0, 0.05) is 0 Å². The molecule has 0 bridgehead atoms. The summed E-state index contributed by atoms with van der Waals surface area (Å²) in [6, 6.07) is 9.00. The van der Waals surface area contributed by atoms with Gasteiger partial charge in [0.15, 0.2) is 0 Å². The molecular weight excluding hydrogens is 240 g/mol. The number of hydrogen-bond acceptors (Lipinski definition) is 0. The van der Waals surface area contributed by atoms with E-state index in [-0.39, 0.29) is 5.41 Å². The summed E-state index contributed by atoms with van der Waals surface area (Å²) < 4.78 is 0. The lowest BCUT2D eigenvalue weighted by atomic mass is 9.72. The zero-order valence-corrected chi connectivity index (χ0v) is 13.4. The van der Waals surface area contributed by atoms with Crippen molar-refractivity contribution in [3.05, 3.63) is 72.4 Å². The lowest BCUT2D eigenvalue weighted by Crippen LogP contribution is -2.20. The van der Waals surface area contributed by atoms with Gasteiger partial charge >= 0.3 is 0 Å². The molecule has 0 aromatic heterocycles. The molecule has 0 amide bonds. The first-order chi connectivity index (χ1) is 9.51. The monoisotopic (exact) mass is 268 g/mol. The van der Waals surface area contributed by atoms with Gasteiger partial charge in [-0.2, -0.15) is 0 Å². The molecule has 1 unspecified atom stereocenters. The van der Waals surface area contributed by atoms with E-state index >= 15 is 0 Å². The van der Waals surface area contributed by atoms with Crippen LogP contribution in [0.1, 0.15) is 50.7 Å². The standard InChI is InChI=1S/C20H28/c1-6-8-9-10-16-20(4,5)19(11-7-2)18-14-12-17(3)13-15-18/h6,8-10,12-16,19H,1,7,11H2,2-5H3/b9-8-,16-10-. The van der Waals surface area contributed by atoms with E-state index < -0.39 is 0 Å². The van der Waals surface area contributed by atoms with Crippen molar-refractivity contribution in [3.63, 3.8) is 0 Å². The summed E-state index contributed by atoms with van der Waals surface area (Å²) >= 11 is 0. The first-order valence-corrected chi connectivity index (χ1v) is 7.54. The highest BCUT2D eigenvalue weighted by molar-refractivity contribution is 5.28. The summed E-state index contributed by atoms with van der Waals surface area (Å²) in [5.41, 5.74) is 2.92. The number of hydrogen-bond donors (Lipinski definition) is 0. The lowest BCUT2D eigenvalue weighted by Gasteiger charge is -2.32. The Morgan fingerprint density at radius 2 is 1.75 bits per heavy atom. The van der Waals surface area contributed by atoms with E-state index in [4.69, 9.17) is 0 Å². The first kappa shape index (κ1) is 16.5. The van der Waals surface area contributed by atoms with Crippen LogP contribution in [-0.2, 0) is 0 Å². The Labute approximate surface area is 124 Å². The van der Waals surface area contributed by atoms with Crippen LogP contribution in [0.15, 0.2) is 61.2 Å². The Morgan fingerprint density at radius 1 is 1.10 bits per heavy atom. The summed E-state index contributed by atoms with van der Waals surface area (Å²) in [5, 5.41) is 0. The SMILES string of the molecule is C=C/C=C\C=C/C(C)(C)C(CCC)c1ccc(C)cc1. The van der Waals surface area contributed by atoms with Crippen molar-refractivity contribution in [2.75, 3.05) is 0 Å². The van der Waals surface area contributed by atoms with Crippen LogP contribution in [0.4, 0.5) is 0 Å². The van der Waals surface area contributed by atoms with E-state index in [1.165, 1.54) is 24.0 Å². The topological polar surface area (TPSA) is 0 Å². The third-order valence-corrected chi connectivity index (χ3v) is 3.84. The van der Waals surface area contributed by atoms with E-state index in [9.17, 15) is 0 Å². The van der Waals surface area contributed by atoms with Crippen LogP contribution in [0, 0.1) is 12.3 Å². The van der Waals surface area contributed by atoms with E-state index in [0.29, 0.717) is 5.92 Å². The Balaban J connectivity index is 2.98. The molecule has 108 valence electrons. The Bertz CT molecular complexity index is 457. The maximum Gasteiger partial charge on any atom is -0.00760 e. The minimum Gasteiger partial charge on any atom is -0.0991 e. The van der Waals surface area contributed by atoms with Crippen molar-refractivity contribution in [3.8, 4) is 0 Å². The molecule has 0 fully saturated rings. The van der Waals surface area contributed by atoms with E-state index in [1.807, 2.05) is 12.2 Å². The number of aryl methyl sites for hydroxylation is 1. The van der Waals surface area contributed by atoms with Gasteiger partial charge in [-0.1, -0.05) is 94.0 Å². The van der Waals surface area contributed by atoms with Crippen LogP contribution in [0.2, 0.25) is 0 Å². The molecule has 0 heterocycles. The molecule has 20 heavy (non-hydrogen) atoms. The van der Waals surface area contributed by atoms with E-state index in [0.717, 1.165) is 0 Å². The fourth-order valence-electron chi connectivity index (χ4n) is 2.62. The zero-order valence-electron chi connectivity index (χ0n) is 13.4. The van der Waals surface area contributed by atoms with Gasteiger partial charge in [0.25, 0.3) is 0 Å². The molecule has 1 rings (SSSR count). The second-order valence-corrected chi connectivity index (χ2v) is 6.05. The summed E-state index contributed by atoms with van der Waals surface area (Å²) in [5.74, 6) is 0.557. The summed E-state index contributed by atoms with van der Waals surface area (Å²) in [7, 11) is 0. The van der Waals surface area contributed by atoms with Gasteiger partial charge in [0.2, 0.25) is 0 Å². The minimum absolute atomic E-state index is 0.150. The summed E-state index contributed by atoms with van der Waals surface area (Å²) in [6.45, 7) is 12.7. The Kier molecular flexibility index (Phi) is 6.51. The van der Waals surface area contributed by atoms with Crippen LogP contribution in [0.25, 0.3) is 0 Å². The first-order valence-electron chi connectivity index (χ1n) is 7.54. The fraction of sp³-hybridized carbons (Fsp3) is 0.400. The third-order valence-electron chi connectivity index (χ3n) is 3.84. The quantitative estimate of drug-likeness (QED) is 0.516. The maximum absolute atomic E-state index is 3.69. The van der Waals surface area contributed by atoms with Crippen LogP contribution in [-0.4, -0.2) is 0 Å². The van der Waals surface area contributed by atoms with Crippen LogP contribution in [0.5, 0.6) is 0 Å². The number of allylic oxidation sites excluding steroid dienone is 5. The second-order valence-electron chi connectivity index (χ2n) is 6.05. The normalized spacial score (nSPS) is 14.0. The molecule has 1 atom stereocenters. The highest BCUT2D eigenvalue weighted by Gasteiger charge is 2.27. The van der Waals surface area contributed by atoms with Crippen molar-refractivity contribution in [2.24, 2.45) is 5.41 Å². The predicted molar refractivity (Wildman–Crippen MR) is 91.1 cm³/mol. The molecule has 0 saturated heterocycles. The zero-order chi connectivity index (χ0) is 15.0. The lowest BCUT2D eigenvalue weighted by molar-refractivity contribution is 0.350. The highest BCUT2D eigenvalue weighted by Crippen LogP contribution is 2.40. The molecule has 0 aliphatic heterocycles. The molecule has 0 spiro atoms. The van der Waals surface area contributed by atoms with Gasteiger partial charge < -0.3 is 0 Å². The Hall–Kier alpha value is -1.56. The van der Waals surface area contributed by atoms with Crippen LogP contribution in [0.3, 0.4) is 0 Å². The molecule has 0 radical (unpaired) electrons. The average molecular weight is 268 g/mol. The van der Waals surface area contributed by atoms with E-state index in [2.05, 4.69) is 70.7 Å². The van der Waals surface area contributed by atoms with Crippen molar-refractivity contribution < 1.29 is 0 Å². The molecular formula is C20H28. The molecule has 1 aromatic rings. The second kappa shape index (κ2) is 7.89. The Morgan fingerprint density at radius 3 is 2.30 bits per heavy atom. The molecule has 1 aromatic carbocycles. The predicted octanol–water partition coefficient (Wildman–Crippen LogP) is 6.20. The molecule has 0 saturated carbocycles. The van der Waals surface area contributed by atoms with Crippen molar-refractivity contribution in [1.82, 2.24) is 0 Å². The molecule has 0 nitrogen and oxygen atoms in total. The maximum atomic E-state index is 3.69. The fourth-order valence-corrected chi connectivity index (χ4v) is 2.62. The summed E-state index contributed by atoms with van der Waals surface area (Å²) in [4.78, 5) is 0. The number of benzene rings is 1. The van der Waals surface area contributed by atoms with Crippen molar-refractivity contribution in [1.29, 1.82) is 0 Å². The van der Waals surface area contributed by atoms with Gasteiger partial charge in [-0.05, 0) is 30.2 Å². The third kappa shape index (κ3) is 4.85. The van der Waals surface area contributed by atoms with Gasteiger partial charge in [0.1, 0.15) is 0 Å². The smallest absolute Gasteiger partial charge is 0.00760 e. The molecule has 0 aliphatic rings. The minimum atomic E-state index is 0.150. The van der Waals surface area contributed by atoms with E-state index in [1.54, 1.807) is 6.08 Å². The molecule has 0 heteroatoms.